The molecule has 148 valence electrons. The lowest BCUT2D eigenvalue weighted by Gasteiger charge is -2.16. The second kappa shape index (κ2) is 11.7. The van der Waals surface area contributed by atoms with Crippen LogP contribution in [0.5, 0.6) is 0 Å². The van der Waals surface area contributed by atoms with Crippen LogP contribution in [0, 0.1) is 0 Å². The van der Waals surface area contributed by atoms with Gasteiger partial charge in [-0.2, -0.15) is 5.10 Å². The number of halogens is 1. The summed E-state index contributed by atoms with van der Waals surface area (Å²) in [4.78, 5) is 9.93. The molecule has 0 spiro atoms. The van der Waals surface area contributed by atoms with Crippen LogP contribution in [0.1, 0.15) is 12.5 Å². The number of benzene rings is 1. The van der Waals surface area contributed by atoms with Gasteiger partial charge in [-0.25, -0.2) is 9.67 Å². The van der Waals surface area contributed by atoms with E-state index < -0.39 is 0 Å². The van der Waals surface area contributed by atoms with Gasteiger partial charge in [0.05, 0.1) is 0 Å². The van der Waals surface area contributed by atoms with E-state index in [1.54, 1.807) is 24.1 Å². The van der Waals surface area contributed by atoms with E-state index in [-0.39, 0.29) is 24.0 Å². The molecule has 2 N–H and O–H groups in total. The number of aromatic nitrogens is 3. The maximum atomic E-state index is 4.35. The SMILES string of the molecule is CN=C(NCc1ccnc(-n2cccn2)c1)NCC(C)Sc1ccccc1.I. The molecule has 0 amide bonds. The highest BCUT2D eigenvalue weighted by molar-refractivity contribution is 14.0. The molecule has 28 heavy (non-hydrogen) atoms. The van der Waals surface area contributed by atoms with Crippen LogP contribution in [0.4, 0.5) is 0 Å². The third-order valence-electron chi connectivity index (χ3n) is 3.87. The minimum absolute atomic E-state index is 0. The standard InChI is InChI=1S/C20H24N6S.HI/c1-16(27-18-7-4-3-5-8-18)14-23-20(21-2)24-15-17-9-11-22-19(13-17)26-12-6-10-25-26;/h3-13,16H,14-15H2,1-2H3,(H2,21,23,24);1H. The number of guanidine groups is 1. The molecule has 2 aromatic heterocycles. The Morgan fingerprint density at radius 2 is 1.96 bits per heavy atom. The Morgan fingerprint density at radius 1 is 1.14 bits per heavy atom. The Morgan fingerprint density at radius 3 is 2.68 bits per heavy atom. The lowest BCUT2D eigenvalue weighted by atomic mass is 10.2. The molecule has 0 aliphatic heterocycles. The number of pyridine rings is 1. The van der Waals surface area contributed by atoms with Crippen molar-refractivity contribution in [3.8, 4) is 5.82 Å². The molecule has 0 fully saturated rings. The maximum absolute atomic E-state index is 4.35. The Labute approximate surface area is 187 Å². The first-order chi connectivity index (χ1) is 13.2. The molecule has 0 saturated heterocycles. The summed E-state index contributed by atoms with van der Waals surface area (Å²) in [5.74, 6) is 1.59. The Bertz CT molecular complexity index is 854. The summed E-state index contributed by atoms with van der Waals surface area (Å²) in [5, 5.41) is 11.4. The first kappa shape index (κ1) is 22.2. The fourth-order valence-corrected chi connectivity index (χ4v) is 3.47. The molecule has 3 aromatic rings. The molecule has 3 rings (SSSR count). The summed E-state index contributed by atoms with van der Waals surface area (Å²) in [6, 6.07) is 16.3. The van der Waals surface area contributed by atoms with Crippen molar-refractivity contribution in [3.63, 3.8) is 0 Å². The molecular weight excluding hydrogens is 483 g/mol. The molecule has 1 aromatic carbocycles. The van der Waals surface area contributed by atoms with Crippen LogP contribution in [0.3, 0.4) is 0 Å². The normalized spacial score (nSPS) is 12.1. The topological polar surface area (TPSA) is 67.1 Å². The van der Waals surface area contributed by atoms with Gasteiger partial charge in [0, 0.05) is 48.9 Å². The average molecular weight is 508 g/mol. The predicted molar refractivity (Wildman–Crippen MR) is 127 cm³/mol. The zero-order chi connectivity index (χ0) is 18.9. The van der Waals surface area contributed by atoms with Crippen molar-refractivity contribution < 1.29 is 0 Å². The molecule has 2 heterocycles. The van der Waals surface area contributed by atoms with E-state index in [4.69, 9.17) is 0 Å². The minimum Gasteiger partial charge on any atom is -0.355 e. The highest BCUT2D eigenvalue weighted by Crippen LogP contribution is 2.21. The second-order valence-corrected chi connectivity index (χ2v) is 7.53. The highest BCUT2D eigenvalue weighted by atomic mass is 127. The van der Waals surface area contributed by atoms with Crippen LogP contribution in [-0.2, 0) is 6.54 Å². The predicted octanol–water partition coefficient (Wildman–Crippen LogP) is 3.73. The zero-order valence-electron chi connectivity index (χ0n) is 15.9. The monoisotopic (exact) mass is 508 g/mol. The van der Waals surface area contributed by atoms with Gasteiger partial charge in [0.2, 0.25) is 0 Å². The smallest absolute Gasteiger partial charge is 0.191 e. The van der Waals surface area contributed by atoms with Crippen molar-refractivity contribution >= 4 is 41.7 Å². The van der Waals surface area contributed by atoms with Crippen molar-refractivity contribution in [2.75, 3.05) is 13.6 Å². The van der Waals surface area contributed by atoms with Crippen LogP contribution in [-0.4, -0.2) is 39.6 Å². The Kier molecular flexibility index (Phi) is 9.29. The number of hydrogen-bond acceptors (Lipinski definition) is 4. The van der Waals surface area contributed by atoms with Gasteiger partial charge in [-0.1, -0.05) is 25.1 Å². The van der Waals surface area contributed by atoms with Gasteiger partial charge in [0.25, 0.3) is 0 Å². The van der Waals surface area contributed by atoms with Crippen LogP contribution in [0.15, 0.2) is 77.0 Å². The molecule has 1 unspecified atom stereocenters. The van der Waals surface area contributed by atoms with Gasteiger partial charge < -0.3 is 10.6 Å². The Hall–Kier alpha value is -2.07. The molecule has 0 radical (unpaired) electrons. The van der Waals surface area contributed by atoms with Gasteiger partial charge in [0.1, 0.15) is 0 Å². The van der Waals surface area contributed by atoms with Crippen molar-refractivity contribution in [1.82, 2.24) is 25.4 Å². The van der Waals surface area contributed by atoms with Crippen molar-refractivity contribution in [1.29, 1.82) is 0 Å². The van der Waals surface area contributed by atoms with E-state index in [0.717, 1.165) is 23.9 Å². The number of rotatable bonds is 7. The van der Waals surface area contributed by atoms with Gasteiger partial charge in [0.15, 0.2) is 11.8 Å². The minimum atomic E-state index is 0. The van der Waals surface area contributed by atoms with Gasteiger partial charge in [-0.15, -0.1) is 35.7 Å². The summed E-state index contributed by atoms with van der Waals surface area (Å²) in [6.45, 7) is 3.70. The van der Waals surface area contributed by atoms with E-state index >= 15 is 0 Å². The maximum Gasteiger partial charge on any atom is 0.191 e. The summed E-state index contributed by atoms with van der Waals surface area (Å²) >= 11 is 1.85. The number of nitrogens with zero attached hydrogens (tertiary/aromatic N) is 4. The summed E-state index contributed by atoms with van der Waals surface area (Å²) in [5.41, 5.74) is 1.12. The quantitative estimate of drug-likeness (QED) is 0.220. The third kappa shape index (κ3) is 6.83. The van der Waals surface area contributed by atoms with Crippen molar-refractivity contribution in [2.45, 2.75) is 23.6 Å². The van der Waals surface area contributed by atoms with Gasteiger partial charge >= 0.3 is 0 Å². The number of aliphatic imine (C=N–C) groups is 1. The van der Waals surface area contributed by atoms with E-state index in [0.29, 0.717) is 11.8 Å². The Balaban J connectivity index is 0.00000280. The lowest BCUT2D eigenvalue weighted by Crippen LogP contribution is -2.39. The second-order valence-electron chi connectivity index (χ2n) is 6.02. The van der Waals surface area contributed by atoms with Crippen molar-refractivity contribution in [3.05, 3.63) is 72.7 Å². The van der Waals surface area contributed by atoms with E-state index in [1.165, 1.54) is 4.90 Å². The third-order valence-corrected chi connectivity index (χ3v) is 4.98. The van der Waals surface area contributed by atoms with Crippen LogP contribution >= 0.6 is 35.7 Å². The molecule has 0 aliphatic rings. The number of hydrogen-bond donors (Lipinski definition) is 2. The highest BCUT2D eigenvalue weighted by Gasteiger charge is 2.06. The first-order valence-electron chi connectivity index (χ1n) is 8.86. The largest absolute Gasteiger partial charge is 0.355 e. The van der Waals surface area contributed by atoms with Crippen LogP contribution < -0.4 is 10.6 Å². The fraction of sp³-hybridized carbons (Fsp3) is 0.250. The molecule has 6 nitrogen and oxygen atoms in total. The molecule has 0 aliphatic carbocycles. The summed E-state index contributed by atoms with van der Waals surface area (Å²) in [7, 11) is 1.78. The molecule has 1 atom stereocenters. The van der Waals surface area contributed by atoms with Gasteiger partial charge in [-0.05, 0) is 35.9 Å². The van der Waals surface area contributed by atoms with E-state index in [1.807, 2.05) is 42.2 Å². The number of nitrogens with one attached hydrogen (secondary N) is 2. The number of thioether (sulfide) groups is 1. The first-order valence-corrected chi connectivity index (χ1v) is 9.74. The zero-order valence-corrected chi connectivity index (χ0v) is 19.1. The summed E-state index contributed by atoms with van der Waals surface area (Å²) in [6.07, 6.45) is 5.42. The van der Waals surface area contributed by atoms with Gasteiger partial charge in [-0.3, -0.25) is 4.99 Å². The van der Waals surface area contributed by atoms with E-state index in [2.05, 4.69) is 56.9 Å². The fourth-order valence-electron chi connectivity index (χ4n) is 2.52. The molecule has 8 heteroatoms. The van der Waals surface area contributed by atoms with Crippen LogP contribution in [0.25, 0.3) is 5.82 Å². The molecule has 0 saturated carbocycles. The summed E-state index contributed by atoms with van der Waals surface area (Å²) < 4.78 is 1.75. The van der Waals surface area contributed by atoms with Crippen molar-refractivity contribution in [2.24, 2.45) is 4.99 Å². The molecular formula is C20H25IN6S. The average Bonchev–Trinajstić information content (AvgIpc) is 3.24. The van der Waals surface area contributed by atoms with Crippen LogP contribution in [0.2, 0.25) is 0 Å². The van der Waals surface area contributed by atoms with E-state index in [9.17, 15) is 0 Å². The lowest BCUT2D eigenvalue weighted by molar-refractivity contribution is 0.785. The molecule has 0 bridgehead atoms.